The molecule has 138 valence electrons. The number of nitrogens with one attached hydrogen (secondary N) is 1. The Balaban J connectivity index is 1.76. The van der Waals surface area contributed by atoms with Crippen molar-refractivity contribution in [1.29, 1.82) is 0 Å². The lowest BCUT2D eigenvalue weighted by molar-refractivity contribution is 0.0695. The summed E-state index contributed by atoms with van der Waals surface area (Å²) in [4.78, 5) is 29.1. The molecule has 1 atom stereocenters. The first-order valence-electron chi connectivity index (χ1n) is 9.28. The van der Waals surface area contributed by atoms with Gasteiger partial charge in [-0.15, -0.1) is 0 Å². The summed E-state index contributed by atoms with van der Waals surface area (Å²) in [5.74, 6) is -1.22. The molecule has 0 aliphatic carbocycles. The summed E-state index contributed by atoms with van der Waals surface area (Å²) < 4.78 is 0. The number of carboxylic acids is 1. The van der Waals surface area contributed by atoms with Gasteiger partial charge in [-0.3, -0.25) is 9.69 Å². The maximum absolute atomic E-state index is 12.5. The van der Waals surface area contributed by atoms with E-state index in [1.807, 2.05) is 24.3 Å². The number of rotatable bonds is 4. The van der Waals surface area contributed by atoms with Gasteiger partial charge in [0.15, 0.2) is 0 Å². The van der Waals surface area contributed by atoms with Crippen LogP contribution in [0.3, 0.4) is 0 Å². The van der Waals surface area contributed by atoms with Crippen molar-refractivity contribution < 1.29 is 9.90 Å². The molecule has 0 radical (unpaired) electrons. The average molecular weight is 362 g/mol. The van der Waals surface area contributed by atoms with Crippen LogP contribution in [0, 0.1) is 0 Å². The van der Waals surface area contributed by atoms with Gasteiger partial charge in [-0.05, 0) is 67.7 Å². The van der Waals surface area contributed by atoms with Crippen molar-refractivity contribution in [2.45, 2.75) is 25.8 Å². The number of carbonyl (C=O) groups is 1. The highest BCUT2D eigenvalue weighted by molar-refractivity contribution is 5.93. The highest BCUT2D eigenvalue weighted by Crippen LogP contribution is 2.29. The number of hydrogen-bond acceptors (Lipinski definition) is 3. The van der Waals surface area contributed by atoms with Crippen LogP contribution in [-0.4, -0.2) is 34.0 Å². The summed E-state index contributed by atoms with van der Waals surface area (Å²) in [7, 11) is 0. The molecule has 1 fully saturated rings. The van der Waals surface area contributed by atoms with E-state index < -0.39 is 11.4 Å². The maximum Gasteiger partial charge on any atom is 0.341 e. The molecule has 0 spiro atoms. The van der Waals surface area contributed by atoms with Gasteiger partial charge in [0.25, 0.3) is 0 Å². The van der Waals surface area contributed by atoms with Crippen molar-refractivity contribution in [3.8, 4) is 11.1 Å². The molecular formula is C22H22N2O3. The number of aromatic amines is 1. The summed E-state index contributed by atoms with van der Waals surface area (Å²) in [6.45, 7) is 4.50. The minimum absolute atomic E-state index is 0.240. The number of benzene rings is 2. The highest BCUT2D eigenvalue weighted by atomic mass is 16.4. The Labute approximate surface area is 157 Å². The van der Waals surface area contributed by atoms with Gasteiger partial charge in [0.05, 0.1) is 0 Å². The molecule has 1 aliphatic heterocycles. The lowest BCUT2D eigenvalue weighted by Crippen LogP contribution is -2.23. The van der Waals surface area contributed by atoms with Crippen LogP contribution in [0.15, 0.2) is 53.5 Å². The molecule has 2 N–H and O–H groups in total. The van der Waals surface area contributed by atoms with Crippen molar-refractivity contribution in [3.63, 3.8) is 0 Å². The van der Waals surface area contributed by atoms with Crippen molar-refractivity contribution in [3.05, 3.63) is 70.0 Å². The Morgan fingerprint density at radius 1 is 1.11 bits per heavy atom. The number of H-pyrrole nitrogens is 1. The quantitative estimate of drug-likeness (QED) is 0.734. The third-order valence-electron chi connectivity index (χ3n) is 5.50. The first-order valence-corrected chi connectivity index (χ1v) is 9.28. The van der Waals surface area contributed by atoms with Crippen LogP contribution < -0.4 is 5.43 Å². The van der Waals surface area contributed by atoms with Gasteiger partial charge >= 0.3 is 5.97 Å². The van der Waals surface area contributed by atoms with Crippen LogP contribution in [0.2, 0.25) is 0 Å². The third kappa shape index (κ3) is 3.26. The Bertz CT molecular complexity index is 1060. The van der Waals surface area contributed by atoms with E-state index >= 15 is 0 Å². The molecule has 2 heterocycles. The van der Waals surface area contributed by atoms with E-state index in [-0.39, 0.29) is 5.56 Å². The zero-order chi connectivity index (χ0) is 19.0. The fourth-order valence-corrected chi connectivity index (χ4v) is 3.87. The number of hydrogen-bond donors (Lipinski definition) is 2. The number of carboxylic acid groups (broad SMARTS) is 1. The Morgan fingerprint density at radius 2 is 1.85 bits per heavy atom. The number of likely N-dealkylation sites (tertiary alicyclic amines) is 1. The molecule has 1 saturated heterocycles. The van der Waals surface area contributed by atoms with Crippen LogP contribution in [0.5, 0.6) is 0 Å². The Hall–Kier alpha value is -2.92. The highest BCUT2D eigenvalue weighted by Gasteiger charge is 2.19. The molecule has 3 aromatic rings. The predicted octanol–water partition coefficient (Wildman–Crippen LogP) is 4.05. The molecule has 0 amide bonds. The second kappa shape index (κ2) is 7.00. The topological polar surface area (TPSA) is 73.4 Å². The SMILES string of the molecule is C[C@@H](c1cccc(-c2ccc3[nH]cc(C(=O)O)c(=O)c3c2)c1)N1CCCC1. The van der Waals surface area contributed by atoms with Gasteiger partial charge < -0.3 is 10.1 Å². The second-order valence-corrected chi connectivity index (χ2v) is 7.14. The van der Waals surface area contributed by atoms with E-state index in [2.05, 4.69) is 28.9 Å². The molecule has 27 heavy (non-hydrogen) atoms. The van der Waals surface area contributed by atoms with Crippen molar-refractivity contribution >= 4 is 16.9 Å². The molecule has 2 aromatic carbocycles. The summed E-state index contributed by atoms with van der Waals surface area (Å²) in [5.41, 5.74) is 3.13. The van der Waals surface area contributed by atoms with E-state index in [9.17, 15) is 14.7 Å². The minimum Gasteiger partial charge on any atom is -0.477 e. The molecule has 1 aliphatic rings. The molecule has 1 aromatic heterocycles. The lowest BCUT2D eigenvalue weighted by Gasteiger charge is -2.24. The number of aromatic carboxylic acids is 1. The molecule has 5 nitrogen and oxygen atoms in total. The van der Waals surface area contributed by atoms with E-state index in [0.29, 0.717) is 16.9 Å². The van der Waals surface area contributed by atoms with Crippen LogP contribution >= 0.6 is 0 Å². The second-order valence-electron chi connectivity index (χ2n) is 7.14. The zero-order valence-electron chi connectivity index (χ0n) is 15.2. The number of aromatic nitrogens is 1. The molecule has 0 bridgehead atoms. The van der Waals surface area contributed by atoms with E-state index in [4.69, 9.17) is 0 Å². The van der Waals surface area contributed by atoms with Gasteiger partial charge in [-0.25, -0.2) is 4.79 Å². The number of fused-ring (bicyclic) bond motifs is 1. The largest absolute Gasteiger partial charge is 0.477 e. The van der Waals surface area contributed by atoms with Gasteiger partial charge in [-0.1, -0.05) is 24.3 Å². The third-order valence-corrected chi connectivity index (χ3v) is 5.50. The van der Waals surface area contributed by atoms with Crippen LogP contribution in [-0.2, 0) is 0 Å². The molecule has 0 unspecified atom stereocenters. The maximum atomic E-state index is 12.5. The molecule has 0 saturated carbocycles. The van der Waals surface area contributed by atoms with Crippen molar-refractivity contribution in [1.82, 2.24) is 9.88 Å². The van der Waals surface area contributed by atoms with Crippen LogP contribution in [0.4, 0.5) is 0 Å². The monoisotopic (exact) mass is 362 g/mol. The number of pyridine rings is 1. The summed E-state index contributed by atoms with van der Waals surface area (Å²) >= 11 is 0. The molecular weight excluding hydrogens is 340 g/mol. The fraction of sp³-hybridized carbons (Fsp3) is 0.273. The van der Waals surface area contributed by atoms with Gasteiger partial charge in [-0.2, -0.15) is 0 Å². The standard InChI is InChI=1S/C22H22N2O3/c1-14(24-9-2-3-10-24)15-5-4-6-16(11-15)17-7-8-20-18(12-17)21(25)19(13-23-20)22(26)27/h4-8,11-14H,2-3,9-10H2,1H3,(H,23,25)(H,26,27)/t14-/m0/s1. The first-order chi connectivity index (χ1) is 13.0. The Kier molecular flexibility index (Phi) is 4.54. The van der Waals surface area contributed by atoms with Gasteiger partial charge in [0.2, 0.25) is 5.43 Å². The van der Waals surface area contributed by atoms with Crippen molar-refractivity contribution in [2.75, 3.05) is 13.1 Å². The molecule has 4 rings (SSSR count). The zero-order valence-corrected chi connectivity index (χ0v) is 15.2. The molecule has 5 heteroatoms. The predicted molar refractivity (Wildman–Crippen MR) is 106 cm³/mol. The summed E-state index contributed by atoms with van der Waals surface area (Å²) in [6.07, 6.45) is 3.76. The number of nitrogens with zero attached hydrogens (tertiary/aromatic N) is 1. The van der Waals surface area contributed by atoms with E-state index in [0.717, 1.165) is 24.2 Å². The normalized spacial score (nSPS) is 15.9. The first kappa shape index (κ1) is 17.5. The fourth-order valence-electron chi connectivity index (χ4n) is 3.87. The smallest absolute Gasteiger partial charge is 0.341 e. The minimum atomic E-state index is -1.22. The van der Waals surface area contributed by atoms with Gasteiger partial charge in [0.1, 0.15) is 5.56 Å². The van der Waals surface area contributed by atoms with E-state index in [1.165, 1.54) is 24.6 Å². The van der Waals surface area contributed by atoms with Crippen LogP contribution in [0.25, 0.3) is 22.0 Å². The Morgan fingerprint density at radius 3 is 2.59 bits per heavy atom. The van der Waals surface area contributed by atoms with Crippen molar-refractivity contribution in [2.24, 2.45) is 0 Å². The average Bonchev–Trinajstić information content (AvgIpc) is 3.22. The summed E-state index contributed by atoms with van der Waals surface area (Å²) in [5, 5.41) is 9.58. The van der Waals surface area contributed by atoms with E-state index in [1.54, 1.807) is 6.07 Å². The lowest BCUT2D eigenvalue weighted by atomic mass is 9.98. The van der Waals surface area contributed by atoms with Crippen LogP contribution in [0.1, 0.15) is 41.7 Å². The van der Waals surface area contributed by atoms with Gasteiger partial charge in [0, 0.05) is 23.1 Å². The summed E-state index contributed by atoms with van der Waals surface area (Å²) in [6, 6.07) is 14.3.